The van der Waals surface area contributed by atoms with Crippen molar-refractivity contribution in [2.45, 2.75) is 0 Å². The Balaban J connectivity index is 1.45. The number of hydrogen-bond donors (Lipinski definition) is 1. The maximum atomic E-state index is 5.37. The molecule has 0 amide bonds. The van der Waals surface area contributed by atoms with Crippen LogP contribution in [-0.2, 0) is 4.74 Å². The van der Waals surface area contributed by atoms with Gasteiger partial charge < -0.3 is 15.0 Å². The van der Waals surface area contributed by atoms with E-state index in [2.05, 4.69) is 35.6 Å². The Labute approximate surface area is 143 Å². The van der Waals surface area contributed by atoms with Crippen molar-refractivity contribution in [3.05, 3.63) is 42.7 Å². The molecule has 4 rings (SSSR count). The molecule has 3 aromatic rings. The van der Waals surface area contributed by atoms with Gasteiger partial charge in [0.2, 0.25) is 5.13 Å². The van der Waals surface area contributed by atoms with Gasteiger partial charge in [-0.1, -0.05) is 6.07 Å². The minimum Gasteiger partial charge on any atom is -0.378 e. The highest BCUT2D eigenvalue weighted by atomic mass is 32.1. The summed E-state index contributed by atoms with van der Waals surface area (Å²) in [5, 5.41) is 3.88. The van der Waals surface area contributed by atoms with Gasteiger partial charge in [-0.05, 0) is 24.3 Å². The molecular weight excluding hydrogens is 324 g/mol. The lowest BCUT2D eigenvalue weighted by Gasteiger charge is -2.28. The lowest BCUT2D eigenvalue weighted by Crippen LogP contribution is -2.36. The second-order valence-corrected chi connectivity index (χ2v) is 6.02. The Morgan fingerprint density at radius 1 is 1.08 bits per heavy atom. The van der Waals surface area contributed by atoms with E-state index in [-0.39, 0.29) is 0 Å². The number of ether oxygens (including phenoxy) is 1. The summed E-state index contributed by atoms with van der Waals surface area (Å²) >= 11 is 1.29. The minimum atomic E-state index is 0.619. The molecular formula is C16H16N6OS. The van der Waals surface area contributed by atoms with E-state index >= 15 is 0 Å². The van der Waals surface area contributed by atoms with Gasteiger partial charge in [0.25, 0.3) is 0 Å². The zero-order valence-electron chi connectivity index (χ0n) is 12.9. The minimum absolute atomic E-state index is 0.619. The van der Waals surface area contributed by atoms with Crippen molar-refractivity contribution < 1.29 is 4.74 Å². The van der Waals surface area contributed by atoms with Crippen molar-refractivity contribution in [1.29, 1.82) is 0 Å². The van der Waals surface area contributed by atoms with E-state index in [1.54, 1.807) is 6.20 Å². The van der Waals surface area contributed by atoms with Gasteiger partial charge in [-0.15, -0.1) is 0 Å². The first kappa shape index (κ1) is 15.0. The summed E-state index contributed by atoms with van der Waals surface area (Å²) in [5.41, 5.74) is 1.87. The first-order chi connectivity index (χ1) is 11.9. The van der Waals surface area contributed by atoms with E-state index in [4.69, 9.17) is 4.74 Å². The fraction of sp³-hybridized carbons (Fsp3) is 0.250. The van der Waals surface area contributed by atoms with E-state index < -0.39 is 0 Å². The molecule has 1 aliphatic heterocycles. The Hall–Kier alpha value is -2.58. The third-order valence-electron chi connectivity index (χ3n) is 3.68. The molecule has 7 nitrogen and oxygen atoms in total. The van der Waals surface area contributed by atoms with Gasteiger partial charge in [0.15, 0.2) is 5.82 Å². The summed E-state index contributed by atoms with van der Waals surface area (Å²) in [5.74, 6) is 1.36. The van der Waals surface area contributed by atoms with Crippen LogP contribution in [0.15, 0.2) is 42.7 Å². The molecule has 1 fully saturated rings. The van der Waals surface area contributed by atoms with E-state index in [0.29, 0.717) is 11.0 Å². The molecule has 1 aliphatic rings. The third kappa shape index (κ3) is 3.34. The van der Waals surface area contributed by atoms with Gasteiger partial charge in [-0.2, -0.15) is 9.36 Å². The number of hydrogen-bond acceptors (Lipinski definition) is 8. The zero-order valence-corrected chi connectivity index (χ0v) is 13.7. The molecule has 0 radical (unpaired) electrons. The van der Waals surface area contributed by atoms with Crippen LogP contribution < -0.4 is 10.2 Å². The smallest absolute Gasteiger partial charge is 0.208 e. The van der Waals surface area contributed by atoms with Crippen LogP contribution >= 0.6 is 11.5 Å². The van der Waals surface area contributed by atoms with Gasteiger partial charge in [0.1, 0.15) is 11.5 Å². The maximum absolute atomic E-state index is 5.37. The Morgan fingerprint density at radius 3 is 2.75 bits per heavy atom. The highest BCUT2D eigenvalue weighted by Gasteiger charge is 2.12. The Morgan fingerprint density at radius 2 is 2.00 bits per heavy atom. The van der Waals surface area contributed by atoms with Crippen molar-refractivity contribution in [3.8, 4) is 11.5 Å². The largest absolute Gasteiger partial charge is 0.378 e. The van der Waals surface area contributed by atoms with Crippen molar-refractivity contribution in [2.75, 3.05) is 36.5 Å². The Bertz CT molecular complexity index is 786. The van der Waals surface area contributed by atoms with Crippen LogP contribution in [0.1, 0.15) is 0 Å². The van der Waals surface area contributed by atoms with Crippen molar-refractivity contribution in [1.82, 2.24) is 19.3 Å². The molecule has 0 unspecified atom stereocenters. The van der Waals surface area contributed by atoms with Crippen LogP contribution in [0.25, 0.3) is 11.5 Å². The van der Waals surface area contributed by atoms with Crippen molar-refractivity contribution >= 4 is 28.2 Å². The quantitative estimate of drug-likeness (QED) is 0.782. The first-order valence-corrected chi connectivity index (χ1v) is 8.47. The van der Waals surface area contributed by atoms with E-state index in [1.807, 2.05) is 30.5 Å². The van der Waals surface area contributed by atoms with Gasteiger partial charge in [-0.25, -0.2) is 4.98 Å². The van der Waals surface area contributed by atoms with Crippen LogP contribution in [0.4, 0.5) is 16.6 Å². The summed E-state index contributed by atoms with van der Waals surface area (Å²) in [6, 6.07) is 9.69. The molecule has 0 bridgehead atoms. The van der Waals surface area contributed by atoms with Gasteiger partial charge in [0, 0.05) is 30.8 Å². The predicted octanol–water partition coefficient (Wildman–Crippen LogP) is 2.58. The van der Waals surface area contributed by atoms with E-state index in [0.717, 1.165) is 43.5 Å². The van der Waals surface area contributed by atoms with Crippen molar-refractivity contribution in [3.63, 3.8) is 0 Å². The normalized spacial score (nSPS) is 14.6. The highest BCUT2D eigenvalue weighted by Crippen LogP contribution is 2.23. The summed E-state index contributed by atoms with van der Waals surface area (Å²) in [4.78, 5) is 15.4. The van der Waals surface area contributed by atoms with Gasteiger partial charge >= 0.3 is 0 Å². The number of anilines is 3. The summed E-state index contributed by atoms with van der Waals surface area (Å²) < 4.78 is 9.70. The number of nitrogens with zero attached hydrogens (tertiary/aromatic N) is 5. The van der Waals surface area contributed by atoms with Crippen LogP contribution in [-0.4, -0.2) is 45.6 Å². The molecule has 0 spiro atoms. The number of nitrogens with one attached hydrogen (secondary N) is 1. The SMILES string of the molecule is c1ccc(-c2nsc(Nc3ccc(N4CCOCC4)cn3)n2)nc1. The van der Waals surface area contributed by atoms with E-state index in [9.17, 15) is 0 Å². The van der Waals surface area contributed by atoms with Crippen LogP contribution in [0.2, 0.25) is 0 Å². The third-order valence-corrected chi connectivity index (χ3v) is 4.31. The molecule has 122 valence electrons. The lowest BCUT2D eigenvalue weighted by molar-refractivity contribution is 0.122. The average molecular weight is 340 g/mol. The van der Waals surface area contributed by atoms with Gasteiger partial charge in [0.05, 0.1) is 25.1 Å². The second kappa shape index (κ2) is 6.90. The van der Waals surface area contributed by atoms with E-state index in [1.165, 1.54) is 11.5 Å². The number of rotatable bonds is 4. The molecule has 1 N–H and O–H groups in total. The number of pyridine rings is 2. The predicted molar refractivity (Wildman–Crippen MR) is 93.7 cm³/mol. The fourth-order valence-electron chi connectivity index (χ4n) is 2.45. The monoisotopic (exact) mass is 340 g/mol. The number of aromatic nitrogens is 4. The standard InChI is InChI=1S/C16H16N6OS/c1-2-6-17-13(3-1)15-20-16(24-21-15)19-14-5-4-12(11-18-14)22-7-9-23-10-8-22/h1-6,11H,7-10H2,(H,18,19,20,21). The number of morpholine rings is 1. The van der Waals surface area contributed by atoms with Crippen LogP contribution in [0.3, 0.4) is 0 Å². The lowest BCUT2D eigenvalue weighted by atomic mass is 10.3. The maximum Gasteiger partial charge on any atom is 0.208 e. The molecule has 0 atom stereocenters. The van der Waals surface area contributed by atoms with Crippen LogP contribution in [0, 0.1) is 0 Å². The molecule has 8 heteroatoms. The average Bonchev–Trinajstić information content (AvgIpc) is 3.12. The molecule has 4 heterocycles. The summed E-state index contributed by atoms with van der Waals surface area (Å²) in [6.45, 7) is 3.33. The second-order valence-electron chi connectivity index (χ2n) is 5.26. The topological polar surface area (TPSA) is 76.1 Å². The van der Waals surface area contributed by atoms with Crippen LogP contribution in [0.5, 0.6) is 0 Å². The molecule has 0 saturated carbocycles. The van der Waals surface area contributed by atoms with Gasteiger partial charge in [-0.3, -0.25) is 4.98 Å². The summed E-state index contributed by atoms with van der Waals surface area (Å²) in [6.07, 6.45) is 3.60. The molecule has 0 aromatic carbocycles. The molecule has 3 aromatic heterocycles. The zero-order chi connectivity index (χ0) is 16.2. The van der Waals surface area contributed by atoms with Crippen molar-refractivity contribution in [2.24, 2.45) is 0 Å². The summed E-state index contributed by atoms with van der Waals surface area (Å²) in [7, 11) is 0. The molecule has 1 saturated heterocycles. The molecule has 24 heavy (non-hydrogen) atoms. The fourth-order valence-corrected chi connectivity index (χ4v) is 3.04. The highest BCUT2D eigenvalue weighted by molar-refractivity contribution is 7.09. The first-order valence-electron chi connectivity index (χ1n) is 7.69. The Kier molecular flexibility index (Phi) is 4.30. The molecule has 0 aliphatic carbocycles.